The van der Waals surface area contributed by atoms with Crippen molar-refractivity contribution in [1.29, 1.82) is 0 Å². The molecule has 1 N–H and O–H groups in total. The number of ketones is 1. The van der Waals surface area contributed by atoms with Crippen molar-refractivity contribution in [2.24, 2.45) is 0 Å². The lowest BCUT2D eigenvalue weighted by atomic mass is 10.1. The summed E-state index contributed by atoms with van der Waals surface area (Å²) in [6.45, 7) is 5.62. The van der Waals surface area contributed by atoms with Crippen LogP contribution in [0.3, 0.4) is 0 Å². The van der Waals surface area contributed by atoms with Crippen molar-refractivity contribution in [3.05, 3.63) is 0 Å². The summed E-state index contributed by atoms with van der Waals surface area (Å²) < 4.78 is 5.48. The van der Waals surface area contributed by atoms with Crippen LogP contribution in [-0.2, 0) is 9.53 Å². The van der Waals surface area contributed by atoms with Gasteiger partial charge in [0.05, 0.1) is 12.6 Å². The van der Waals surface area contributed by atoms with E-state index in [0.29, 0.717) is 30.9 Å². The van der Waals surface area contributed by atoms with Gasteiger partial charge in [-0.25, -0.2) is 0 Å². The molecule has 0 spiro atoms. The third kappa shape index (κ3) is 5.28. The van der Waals surface area contributed by atoms with E-state index in [1.54, 1.807) is 0 Å². The first-order valence-corrected chi connectivity index (χ1v) is 6.09. The van der Waals surface area contributed by atoms with Crippen LogP contribution in [0.25, 0.3) is 0 Å². The zero-order valence-electron chi connectivity index (χ0n) is 9.92. The van der Waals surface area contributed by atoms with Crippen molar-refractivity contribution < 1.29 is 9.53 Å². The molecule has 0 aromatic carbocycles. The molecule has 1 aliphatic rings. The molecule has 2 atom stereocenters. The maximum Gasteiger partial charge on any atom is 0.146 e. The number of hydrogen-bond acceptors (Lipinski definition) is 3. The van der Waals surface area contributed by atoms with Gasteiger partial charge in [0, 0.05) is 19.1 Å². The first kappa shape index (κ1) is 12.7. The SMILES string of the molecule is CCC(C)NCC(=O)CCC1CCCO1. The lowest BCUT2D eigenvalue weighted by molar-refractivity contribution is -0.119. The van der Waals surface area contributed by atoms with E-state index in [1.807, 2.05) is 0 Å². The van der Waals surface area contributed by atoms with E-state index in [4.69, 9.17) is 4.74 Å². The van der Waals surface area contributed by atoms with Crippen LogP contribution >= 0.6 is 0 Å². The van der Waals surface area contributed by atoms with E-state index >= 15 is 0 Å². The van der Waals surface area contributed by atoms with Crippen LogP contribution in [0, 0.1) is 0 Å². The van der Waals surface area contributed by atoms with E-state index in [9.17, 15) is 4.79 Å². The standard InChI is InChI=1S/C12H23NO2/c1-3-10(2)13-9-11(14)6-7-12-5-4-8-15-12/h10,12-13H,3-9H2,1-2H3. The largest absolute Gasteiger partial charge is 0.378 e. The molecule has 0 aromatic rings. The van der Waals surface area contributed by atoms with Crippen LogP contribution in [0.5, 0.6) is 0 Å². The number of rotatable bonds is 7. The predicted molar refractivity (Wildman–Crippen MR) is 61.0 cm³/mol. The summed E-state index contributed by atoms with van der Waals surface area (Å²) in [6, 6.07) is 0.441. The van der Waals surface area contributed by atoms with E-state index in [2.05, 4.69) is 19.2 Å². The number of Topliss-reactive ketones (excluding diaryl/α,β-unsaturated/α-hetero) is 1. The van der Waals surface area contributed by atoms with Crippen molar-refractivity contribution in [3.63, 3.8) is 0 Å². The van der Waals surface area contributed by atoms with Crippen molar-refractivity contribution in [2.75, 3.05) is 13.2 Å². The second-order valence-corrected chi connectivity index (χ2v) is 4.40. The van der Waals surface area contributed by atoms with Gasteiger partial charge in [-0.3, -0.25) is 4.79 Å². The number of ether oxygens (including phenoxy) is 1. The summed E-state index contributed by atoms with van der Waals surface area (Å²) >= 11 is 0. The van der Waals surface area contributed by atoms with Gasteiger partial charge in [-0.15, -0.1) is 0 Å². The van der Waals surface area contributed by atoms with E-state index in [1.165, 1.54) is 0 Å². The quantitative estimate of drug-likeness (QED) is 0.702. The van der Waals surface area contributed by atoms with Gasteiger partial charge in [0.1, 0.15) is 5.78 Å². The highest BCUT2D eigenvalue weighted by molar-refractivity contribution is 5.80. The van der Waals surface area contributed by atoms with Crippen LogP contribution in [0.2, 0.25) is 0 Å². The Kier molecular flexibility index (Phi) is 5.88. The fourth-order valence-corrected chi connectivity index (χ4v) is 1.71. The first-order chi connectivity index (χ1) is 7.22. The molecule has 1 aliphatic heterocycles. The second-order valence-electron chi connectivity index (χ2n) is 4.40. The van der Waals surface area contributed by atoms with Gasteiger partial charge in [-0.05, 0) is 32.6 Å². The third-order valence-electron chi connectivity index (χ3n) is 3.03. The summed E-state index contributed by atoms with van der Waals surface area (Å²) in [5, 5.41) is 3.22. The topological polar surface area (TPSA) is 38.3 Å². The van der Waals surface area contributed by atoms with Gasteiger partial charge in [0.15, 0.2) is 0 Å². The number of carbonyl (C=O) groups excluding carboxylic acids is 1. The lowest BCUT2D eigenvalue weighted by Crippen LogP contribution is -2.31. The van der Waals surface area contributed by atoms with Crippen molar-refractivity contribution >= 4 is 5.78 Å². The van der Waals surface area contributed by atoms with E-state index in [0.717, 1.165) is 32.3 Å². The molecule has 2 unspecified atom stereocenters. The molecular formula is C12H23NO2. The summed E-state index contributed by atoms with van der Waals surface area (Å²) in [4.78, 5) is 11.5. The third-order valence-corrected chi connectivity index (χ3v) is 3.03. The predicted octanol–water partition coefficient (Wildman–Crippen LogP) is 1.90. The van der Waals surface area contributed by atoms with Crippen LogP contribution in [0.15, 0.2) is 0 Å². The average molecular weight is 213 g/mol. The minimum Gasteiger partial charge on any atom is -0.378 e. The Balaban J connectivity index is 2.02. The minimum absolute atomic E-state index is 0.311. The molecule has 1 rings (SSSR count). The summed E-state index contributed by atoms with van der Waals surface area (Å²) in [7, 11) is 0. The van der Waals surface area contributed by atoms with Gasteiger partial charge in [0.2, 0.25) is 0 Å². The Hall–Kier alpha value is -0.410. The molecule has 0 aromatic heterocycles. The normalized spacial score (nSPS) is 22.9. The average Bonchev–Trinajstić information content (AvgIpc) is 2.75. The van der Waals surface area contributed by atoms with Crippen molar-refractivity contribution in [2.45, 2.75) is 58.1 Å². The van der Waals surface area contributed by atoms with E-state index in [-0.39, 0.29) is 0 Å². The van der Waals surface area contributed by atoms with Gasteiger partial charge >= 0.3 is 0 Å². The zero-order chi connectivity index (χ0) is 11.1. The lowest BCUT2D eigenvalue weighted by Gasteiger charge is -2.11. The summed E-state index contributed by atoms with van der Waals surface area (Å²) in [5.41, 5.74) is 0. The zero-order valence-corrected chi connectivity index (χ0v) is 9.92. The number of hydrogen-bond donors (Lipinski definition) is 1. The molecule has 15 heavy (non-hydrogen) atoms. The molecule has 1 fully saturated rings. The second kappa shape index (κ2) is 6.96. The molecule has 3 nitrogen and oxygen atoms in total. The Morgan fingerprint density at radius 3 is 3.00 bits per heavy atom. The molecule has 0 amide bonds. The fraction of sp³-hybridized carbons (Fsp3) is 0.917. The van der Waals surface area contributed by atoms with Crippen molar-refractivity contribution in [3.8, 4) is 0 Å². The number of nitrogens with one attached hydrogen (secondary N) is 1. The Morgan fingerprint density at radius 2 is 2.40 bits per heavy atom. The molecule has 88 valence electrons. The van der Waals surface area contributed by atoms with Crippen LogP contribution in [0.4, 0.5) is 0 Å². The van der Waals surface area contributed by atoms with Crippen LogP contribution < -0.4 is 5.32 Å². The highest BCUT2D eigenvalue weighted by Gasteiger charge is 2.16. The summed E-state index contributed by atoms with van der Waals surface area (Å²) in [5.74, 6) is 0.311. The van der Waals surface area contributed by atoms with Gasteiger partial charge in [-0.2, -0.15) is 0 Å². The maximum absolute atomic E-state index is 11.5. The highest BCUT2D eigenvalue weighted by Crippen LogP contribution is 2.16. The van der Waals surface area contributed by atoms with Gasteiger partial charge in [0.25, 0.3) is 0 Å². The highest BCUT2D eigenvalue weighted by atomic mass is 16.5. The van der Waals surface area contributed by atoms with Gasteiger partial charge < -0.3 is 10.1 Å². The summed E-state index contributed by atoms with van der Waals surface area (Å²) in [6.07, 6.45) is 5.27. The molecule has 0 bridgehead atoms. The molecule has 1 saturated heterocycles. The van der Waals surface area contributed by atoms with Gasteiger partial charge in [-0.1, -0.05) is 6.92 Å². The number of carbonyl (C=O) groups is 1. The molecule has 0 saturated carbocycles. The Bertz CT molecular complexity index is 188. The molecule has 0 aliphatic carbocycles. The smallest absolute Gasteiger partial charge is 0.146 e. The monoisotopic (exact) mass is 213 g/mol. The van der Waals surface area contributed by atoms with Crippen molar-refractivity contribution in [1.82, 2.24) is 5.32 Å². The molecular weight excluding hydrogens is 190 g/mol. The molecule has 3 heteroatoms. The van der Waals surface area contributed by atoms with Crippen LogP contribution in [-0.4, -0.2) is 31.1 Å². The molecule has 0 radical (unpaired) electrons. The molecule has 1 heterocycles. The van der Waals surface area contributed by atoms with Crippen LogP contribution in [0.1, 0.15) is 46.0 Å². The maximum atomic E-state index is 11.5. The fourth-order valence-electron chi connectivity index (χ4n) is 1.71. The Morgan fingerprint density at radius 1 is 1.60 bits per heavy atom. The Labute approximate surface area is 92.6 Å². The van der Waals surface area contributed by atoms with E-state index < -0.39 is 0 Å². The first-order valence-electron chi connectivity index (χ1n) is 6.09. The minimum atomic E-state index is 0.311.